The van der Waals surface area contributed by atoms with E-state index in [0.717, 1.165) is 5.69 Å². The van der Waals surface area contributed by atoms with Crippen LogP contribution >= 0.6 is 11.6 Å². The second-order valence-electron chi connectivity index (χ2n) is 3.75. The first-order valence-electron chi connectivity index (χ1n) is 5.69. The molecule has 0 aliphatic rings. The van der Waals surface area contributed by atoms with Crippen LogP contribution in [0.4, 0.5) is 5.69 Å². The van der Waals surface area contributed by atoms with Crippen LogP contribution in [-0.2, 0) is 4.79 Å². The number of amides is 1. The number of H-pyrrole nitrogens is 1. The fourth-order valence-electron chi connectivity index (χ4n) is 1.42. The molecule has 0 atom stereocenters. The number of halogens is 1. The zero-order chi connectivity index (χ0) is 13.5. The highest BCUT2D eigenvalue weighted by molar-refractivity contribution is 6.33. The third kappa shape index (κ3) is 4.15. The number of rotatable bonds is 5. The van der Waals surface area contributed by atoms with Gasteiger partial charge in [-0.3, -0.25) is 4.79 Å². The summed E-state index contributed by atoms with van der Waals surface area (Å²) < 4.78 is 0. The van der Waals surface area contributed by atoms with Gasteiger partial charge in [0.2, 0.25) is 0 Å². The Labute approximate surface area is 115 Å². The van der Waals surface area contributed by atoms with Gasteiger partial charge in [0, 0.05) is 6.20 Å². The number of anilines is 1. The molecule has 0 radical (unpaired) electrons. The van der Waals surface area contributed by atoms with Gasteiger partial charge in [0.25, 0.3) is 5.91 Å². The second-order valence-corrected chi connectivity index (χ2v) is 4.16. The molecule has 2 rings (SSSR count). The van der Waals surface area contributed by atoms with Crippen LogP contribution in [0.5, 0.6) is 0 Å². The van der Waals surface area contributed by atoms with Crippen LogP contribution in [-0.4, -0.2) is 23.7 Å². The van der Waals surface area contributed by atoms with Gasteiger partial charge >= 0.3 is 0 Å². The monoisotopic (exact) mass is 276 g/mol. The number of hydrogen-bond acceptors (Lipinski definition) is 3. The van der Waals surface area contributed by atoms with Crippen molar-refractivity contribution in [2.45, 2.75) is 0 Å². The van der Waals surface area contributed by atoms with E-state index in [-0.39, 0.29) is 12.5 Å². The minimum absolute atomic E-state index is 0.103. The first kappa shape index (κ1) is 13.2. The molecule has 0 unspecified atom stereocenters. The van der Waals surface area contributed by atoms with E-state index < -0.39 is 0 Å². The summed E-state index contributed by atoms with van der Waals surface area (Å²) in [7, 11) is 0. The smallest absolute Gasteiger partial charge is 0.259 e. The van der Waals surface area contributed by atoms with Crippen LogP contribution in [0.2, 0.25) is 5.02 Å². The number of hydrazone groups is 1. The molecule has 1 amide bonds. The topological polar surface area (TPSA) is 69.3 Å². The molecule has 1 heterocycles. The van der Waals surface area contributed by atoms with E-state index >= 15 is 0 Å². The predicted octanol–water partition coefficient (Wildman–Crippen LogP) is 2.23. The van der Waals surface area contributed by atoms with Crippen LogP contribution in [0, 0.1) is 0 Å². The summed E-state index contributed by atoms with van der Waals surface area (Å²) in [5.41, 5.74) is 3.95. The summed E-state index contributed by atoms with van der Waals surface area (Å²) in [6, 6.07) is 10.9. The molecule has 0 fully saturated rings. The molecule has 0 saturated heterocycles. The van der Waals surface area contributed by atoms with Crippen molar-refractivity contribution in [1.82, 2.24) is 10.4 Å². The van der Waals surface area contributed by atoms with Gasteiger partial charge in [0.1, 0.15) is 0 Å². The van der Waals surface area contributed by atoms with Crippen LogP contribution in [0.15, 0.2) is 47.7 Å². The summed E-state index contributed by atoms with van der Waals surface area (Å²) >= 11 is 5.95. The number of hydrogen-bond donors (Lipinski definition) is 3. The number of aromatic nitrogens is 1. The molecular formula is C13H13ClN4O. The summed E-state index contributed by atoms with van der Waals surface area (Å²) in [5.74, 6) is -0.247. The molecule has 0 aliphatic heterocycles. The predicted molar refractivity (Wildman–Crippen MR) is 76.5 cm³/mol. The molecule has 1 aromatic heterocycles. The fourth-order valence-corrected chi connectivity index (χ4v) is 1.62. The number of carbonyl (C=O) groups is 1. The summed E-state index contributed by atoms with van der Waals surface area (Å²) in [5, 5.41) is 7.32. The van der Waals surface area contributed by atoms with Gasteiger partial charge in [0.15, 0.2) is 0 Å². The van der Waals surface area contributed by atoms with E-state index in [4.69, 9.17) is 11.6 Å². The molecule has 3 N–H and O–H groups in total. The molecule has 5 nitrogen and oxygen atoms in total. The third-order valence-electron chi connectivity index (χ3n) is 2.33. The molecule has 2 aromatic rings. The van der Waals surface area contributed by atoms with Crippen molar-refractivity contribution >= 4 is 29.4 Å². The van der Waals surface area contributed by atoms with Crippen molar-refractivity contribution in [2.75, 3.05) is 11.9 Å². The molecule has 0 spiro atoms. The lowest BCUT2D eigenvalue weighted by atomic mass is 10.3. The van der Waals surface area contributed by atoms with Gasteiger partial charge in [0.05, 0.1) is 29.2 Å². The van der Waals surface area contributed by atoms with Gasteiger partial charge in [-0.25, -0.2) is 5.43 Å². The summed E-state index contributed by atoms with van der Waals surface area (Å²) in [6.07, 6.45) is 3.32. The highest BCUT2D eigenvalue weighted by Gasteiger charge is 2.01. The maximum atomic E-state index is 11.5. The Hall–Kier alpha value is -2.27. The lowest BCUT2D eigenvalue weighted by molar-refractivity contribution is -0.119. The van der Waals surface area contributed by atoms with Gasteiger partial charge in [-0.15, -0.1) is 0 Å². The van der Waals surface area contributed by atoms with E-state index in [9.17, 15) is 4.79 Å². The van der Waals surface area contributed by atoms with Crippen molar-refractivity contribution in [3.63, 3.8) is 0 Å². The van der Waals surface area contributed by atoms with Gasteiger partial charge in [-0.1, -0.05) is 23.7 Å². The highest BCUT2D eigenvalue weighted by Crippen LogP contribution is 2.19. The number of carbonyl (C=O) groups excluding carboxylic acids is 1. The van der Waals surface area contributed by atoms with E-state index in [0.29, 0.717) is 10.7 Å². The third-order valence-corrected chi connectivity index (χ3v) is 2.66. The number of aromatic amines is 1. The number of benzene rings is 1. The van der Waals surface area contributed by atoms with Crippen molar-refractivity contribution < 1.29 is 4.79 Å². The normalized spacial score (nSPS) is 10.6. The second kappa shape index (κ2) is 6.61. The average Bonchev–Trinajstić information content (AvgIpc) is 2.91. The maximum Gasteiger partial charge on any atom is 0.259 e. The molecule has 0 saturated carbocycles. The van der Waals surface area contributed by atoms with Gasteiger partial charge in [-0.05, 0) is 24.3 Å². The van der Waals surface area contributed by atoms with Crippen molar-refractivity contribution in [1.29, 1.82) is 0 Å². The Kier molecular flexibility index (Phi) is 4.58. The van der Waals surface area contributed by atoms with E-state index in [1.54, 1.807) is 18.3 Å². The first-order valence-corrected chi connectivity index (χ1v) is 6.07. The number of nitrogens with one attached hydrogen (secondary N) is 3. The molecular weight excluding hydrogens is 264 g/mol. The molecule has 19 heavy (non-hydrogen) atoms. The molecule has 98 valence electrons. The van der Waals surface area contributed by atoms with Crippen LogP contribution in [0.3, 0.4) is 0 Å². The zero-order valence-electron chi connectivity index (χ0n) is 10.1. The standard InChI is InChI=1S/C13H13ClN4O/c14-11-5-1-2-6-12(11)16-9-13(19)18-17-8-10-4-3-7-15-10/h1-8,15-16H,9H2,(H,18,19). The van der Waals surface area contributed by atoms with E-state index in [2.05, 4.69) is 20.8 Å². The lowest BCUT2D eigenvalue weighted by Gasteiger charge is -2.06. The van der Waals surface area contributed by atoms with Crippen LogP contribution in [0.25, 0.3) is 0 Å². The van der Waals surface area contributed by atoms with E-state index in [1.165, 1.54) is 6.21 Å². The highest BCUT2D eigenvalue weighted by atomic mass is 35.5. The van der Waals surface area contributed by atoms with Gasteiger partial charge in [-0.2, -0.15) is 5.10 Å². The minimum Gasteiger partial charge on any atom is -0.375 e. The number of nitrogens with zero attached hydrogens (tertiary/aromatic N) is 1. The van der Waals surface area contributed by atoms with Crippen molar-refractivity contribution in [3.05, 3.63) is 53.3 Å². The quantitative estimate of drug-likeness (QED) is 0.579. The number of para-hydroxylation sites is 1. The Morgan fingerprint density at radius 1 is 1.32 bits per heavy atom. The molecule has 0 bridgehead atoms. The first-order chi connectivity index (χ1) is 9.25. The maximum absolute atomic E-state index is 11.5. The van der Waals surface area contributed by atoms with Crippen molar-refractivity contribution in [2.24, 2.45) is 5.10 Å². The lowest BCUT2D eigenvalue weighted by Crippen LogP contribution is -2.25. The van der Waals surface area contributed by atoms with Crippen LogP contribution in [0.1, 0.15) is 5.69 Å². The largest absolute Gasteiger partial charge is 0.375 e. The molecule has 6 heteroatoms. The SMILES string of the molecule is O=C(CNc1ccccc1Cl)NN=Cc1ccc[nH]1. The summed E-state index contributed by atoms with van der Waals surface area (Å²) in [6.45, 7) is 0.103. The Morgan fingerprint density at radius 2 is 2.16 bits per heavy atom. The zero-order valence-corrected chi connectivity index (χ0v) is 10.8. The Balaban J connectivity index is 1.78. The minimum atomic E-state index is -0.247. The van der Waals surface area contributed by atoms with E-state index in [1.807, 2.05) is 24.3 Å². The Bertz CT molecular complexity index is 566. The Morgan fingerprint density at radius 3 is 2.89 bits per heavy atom. The molecule has 1 aromatic carbocycles. The van der Waals surface area contributed by atoms with Crippen molar-refractivity contribution in [3.8, 4) is 0 Å². The fraction of sp³-hybridized carbons (Fsp3) is 0.0769. The van der Waals surface area contributed by atoms with Gasteiger partial charge < -0.3 is 10.3 Å². The molecule has 0 aliphatic carbocycles. The van der Waals surface area contributed by atoms with Crippen LogP contribution < -0.4 is 10.7 Å². The summed E-state index contributed by atoms with van der Waals surface area (Å²) in [4.78, 5) is 14.5. The average molecular weight is 277 g/mol.